The van der Waals surface area contributed by atoms with Crippen LogP contribution in [-0.2, 0) is 0 Å². The van der Waals surface area contributed by atoms with Gasteiger partial charge in [0.1, 0.15) is 17.1 Å². The van der Waals surface area contributed by atoms with E-state index in [2.05, 4.69) is 6.92 Å². The highest BCUT2D eigenvalue weighted by Crippen LogP contribution is 2.26. The monoisotopic (exact) mass is 266 g/mol. The molecule has 4 heteroatoms. The van der Waals surface area contributed by atoms with E-state index in [-0.39, 0.29) is 11.7 Å². The average Bonchev–Trinajstić information content (AvgIpc) is 2.36. The van der Waals surface area contributed by atoms with Gasteiger partial charge in [0, 0.05) is 6.07 Å². The van der Waals surface area contributed by atoms with Crippen LogP contribution in [0.2, 0.25) is 0 Å². The van der Waals surface area contributed by atoms with Crippen molar-refractivity contribution in [3.63, 3.8) is 0 Å². The fraction of sp³-hybridized carbons (Fsp3) is 0.533. The van der Waals surface area contributed by atoms with E-state index in [4.69, 9.17) is 14.6 Å². The predicted octanol–water partition coefficient (Wildman–Crippen LogP) is 3.74. The lowest BCUT2D eigenvalue weighted by Crippen LogP contribution is -2.11. The summed E-state index contributed by atoms with van der Waals surface area (Å²) in [6.07, 6.45) is 2.95. The summed E-state index contributed by atoms with van der Waals surface area (Å²) in [5.74, 6) is 0.0341. The molecule has 0 aliphatic rings. The van der Waals surface area contributed by atoms with E-state index in [0.29, 0.717) is 18.1 Å². The molecule has 0 aliphatic carbocycles. The van der Waals surface area contributed by atoms with Crippen LogP contribution in [0, 0.1) is 0 Å². The van der Waals surface area contributed by atoms with Crippen LogP contribution in [0.3, 0.4) is 0 Å². The van der Waals surface area contributed by atoms with Gasteiger partial charge in [0.05, 0.1) is 12.7 Å². The number of aromatic carboxylic acids is 1. The molecule has 0 aromatic heterocycles. The number of benzene rings is 1. The molecule has 1 atom stereocenters. The Hall–Kier alpha value is -1.71. The molecule has 1 aromatic rings. The van der Waals surface area contributed by atoms with Crippen LogP contribution in [0.5, 0.6) is 11.5 Å². The molecule has 19 heavy (non-hydrogen) atoms. The quantitative estimate of drug-likeness (QED) is 0.778. The van der Waals surface area contributed by atoms with E-state index in [9.17, 15) is 4.79 Å². The van der Waals surface area contributed by atoms with Gasteiger partial charge in [-0.3, -0.25) is 0 Å². The molecular formula is C15H22O4. The summed E-state index contributed by atoms with van der Waals surface area (Å²) in [4.78, 5) is 11.1. The molecule has 0 bridgehead atoms. The van der Waals surface area contributed by atoms with Gasteiger partial charge in [-0.2, -0.15) is 0 Å². The van der Waals surface area contributed by atoms with Gasteiger partial charge in [0.2, 0.25) is 0 Å². The molecule has 106 valence electrons. The Morgan fingerprint density at radius 1 is 1.32 bits per heavy atom. The smallest absolute Gasteiger partial charge is 0.339 e. The Morgan fingerprint density at radius 3 is 2.63 bits per heavy atom. The third kappa shape index (κ3) is 4.81. The lowest BCUT2D eigenvalue weighted by Gasteiger charge is -2.15. The first-order valence-electron chi connectivity index (χ1n) is 6.75. The number of ether oxygens (including phenoxy) is 2. The van der Waals surface area contributed by atoms with Crippen molar-refractivity contribution in [1.29, 1.82) is 0 Å². The normalized spacial score (nSPS) is 11.9. The zero-order chi connectivity index (χ0) is 14.3. The van der Waals surface area contributed by atoms with E-state index in [1.165, 1.54) is 6.07 Å². The van der Waals surface area contributed by atoms with Gasteiger partial charge < -0.3 is 14.6 Å². The standard InChI is InChI=1S/C15H22O4/c1-4-6-11(3)19-12-7-8-13(15(16)17)14(10-12)18-9-5-2/h7-8,10-11H,4-6,9H2,1-3H3,(H,16,17). The highest BCUT2D eigenvalue weighted by molar-refractivity contribution is 5.91. The van der Waals surface area contributed by atoms with E-state index < -0.39 is 5.97 Å². The largest absolute Gasteiger partial charge is 0.493 e. The van der Waals surface area contributed by atoms with Gasteiger partial charge in [-0.15, -0.1) is 0 Å². The van der Waals surface area contributed by atoms with Gasteiger partial charge >= 0.3 is 5.97 Å². The second kappa shape index (κ2) is 7.67. The van der Waals surface area contributed by atoms with E-state index in [1.807, 2.05) is 13.8 Å². The zero-order valence-corrected chi connectivity index (χ0v) is 11.8. The van der Waals surface area contributed by atoms with Crippen molar-refractivity contribution < 1.29 is 19.4 Å². The SMILES string of the molecule is CCCOc1cc(OC(C)CCC)ccc1C(=O)O. The van der Waals surface area contributed by atoms with Crippen LogP contribution < -0.4 is 9.47 Å². The molecular weight excluding hydrogens is 244 g/mol. The number of carboxylic acids is 1. The maximum absolute atomic E-state index is 11.1. The number of carbonyl (C=O) groups is 1. The number of hydrogen-bond acceptors (Lipinski definition) is 3. The maximum atomic E-state index is 11.1. The fourth-order valence-corrected chi connectivity index (χ4v) is 1.78. The van der Waals surface area contributed by atoms with Gasteiger partial charge in [-0.1, -0.05) is 20.3 Å². The molecule has 0 fully saturated rings. The van der Waals surface area contributed by atoms with Crippen molar-refractivity contribution in [1.82, 2.24) is 0 Å². The summed E-state index contributed by atoms with van der Waals surface area (Å²) in [5, 5.41) is 9.10. The van der Waals surface area contributed by atoms with Gasteiger partial charge in [0.25, 0.3) is 0 Å². The first kappa shape index (κ1) is 15.3. The molecule has 0 amide bonds. The van der Waals surface area contributed by atoms with Crippen LogP contribution in [0.4, 0.5) is 0 Å². The molecule has 0 saturated carbocycles. The minimum absolute atomic E-state index is 0.111. The maximum Gasteiger partial charge on any atom is 0.339 e. The van der Waals surface area contributed by atoms with Crippen LogP contribution in [-0.4, -0.2) is 23.8 Å². The number of hydrogen-bond donors (Lipinski definition) is 1. The van der Waals surface area contributed by atoms with Crippen molar-refractivity contribution in [2.45, 2.75) is 46.1 Å². The lowest BCUT2D eigenvalue weighted by molar-refractivity contribution is 0.0692. The highest BCUT2D eigenvalue weighted by Gasteiger charge is 2.13. The minimum atomic E-state index is -0.987. The molecule has 4 nitrogen and oxygen atoms in total. The van der Waals surface area contributed by atoms with E-state index in [1.54, 1.807) is 12.1 Å². The second-order valence-corrected chi connectivity index (χ2v) is 4.53. The third-order valence-corrected chi connectivity index (χ3v) is 2.68. The summed E-state index contributed by atoms with van der Waals surface area (Å²) in [6.45, 7) is 6.57. The van der Waals surface area contributed by atoms with Gasteiger partial charge in [-0.25, -0.2) is 4.79 Å². The minimum Gasteiger partial charge on any atom is -0.493 e. The van der Waals surface area contributed by atoms with E-state index in [0.717, 1.165) is 19.3 Å². The predicted molar refractivity (Wildman–Crippen MR) is 74.2 cm³/mol. The second-order valence-electron chi connectivity index (χ2n) is 4.53. The number of carboxylic acid groups (broad SMARTS) is 1. The summed E-state index contributed by atoms with van der Waals surface area (Å²) in [5.41, 5.74) is 0.170. The first-order valence-corrected chi connectivity index (χ1v) is 6.75. The van der Waals surface area contributed by atoms with Crippen LogP contribution >= 0.6 is 0 Å². The summed E-state index contributed by atoms with van der Waals surface area (Å²) >= 11 is 0. The average molecular weight is 266 g/mol. The Bertz CT molecular complexity index is 415. The van der Waals surface area contributed by atoms with Crippen LogP contribution in [0.25, 0.3) is 0 Å². The topological polar surface area (TPSA) is 55.8 Å². The zero-order valence-electron chi connectivity index (χ0n) is 11.8. The summed E-state index contributed by atoms with van der Waals surface area (Å²) in [7, 11) is 0. The van der Waals surface area contributed by atoms with Gasteiger partial charge in [-0.05, 0) is 31.9 Å². The Labute approximate surface area is 114 Å². The molecule has 0 saturated heterocycles. The number of rotatable bonds is 8. The third-order valence-electron chi connectivity index (χ3n) is 2.68. The Morgan fingerprint density at radius 2 is 2.05 bits per heavy atom. The van der Waals surface area contributed by atoms with Crippen molar-refractivity contribution >= 4 is 5.97 Å². The Kier molecular flexibility index (Phi) is 6.19. The molecule has 1 N–H and O–H groups in total. The molecule has 0 spiro atoms. The molecule has 1 unspecified atom stereocenters. The Balaban J connectivity index is 2.87. The summed E-state index contributed by atoms with van der Waals surface area (Å²) < 4.78 is 11.2. The van der Waals surface area contributed by atoms with Crippen molar-refractivity contribution in [2.75, 3.05) is 6.61 Å². The molecule has 1 rings (SSSR count). The highest BCUT2D eigenvalue weighted by atomic mass is 16.5. The first-order chi connectivity index (χ1) is 9.08. The fourth-order valence-electron chi connectivity index (χ4n) is 1.78. The molecule has 1 aromatic carbocycles. The van der Waals surface area contributed by atoms with Crippen LogP contribution in [0.1, 0.15) is 50.4 Å². The van der Waals surface area contributed by atoms with Crippen LogP contribution in [0.15, 0.2) is 18.2 Å². The van der Waals surface area contributed by atoms with Crippen molar-refractivity contribution in [3.05, 3.63) is 23.8 Å². The molecule has 0 aliphatic heterocycles. The van der Waals surface area contributed by atoms with Crippen molar-refractivity contribution in [3.8, 4) is 11.5 Å². The molecule has 0 radical (unpaired) electrons. The van der Waals surface area contributed by atoms with Crippen molar-refractivity contribution in [2.24, 2.45) is 0 Å². The lowest BCUT2D eigenvalue weighted by atomic mass is 10.2. The van der Waals surface area contributed by atoms with E-state index >= 15 is 0 Å². The molecule has 0 heterocycles. The summed E-state index contributed by atoms with van der Waals surface area (Å²) in [6, 6.07) is 4.86. The van der Waals surface area contributed by atoms with Gasteiger partial charge in [0.15, 0.2) is 0 Å².